The van der Waals surface area contributed by atoms with Crippen LogP contribution >= 0.6 is 0 Å². The van der Waals surface area contributed by atoms with Gasteiger partial charge in [0.2, 0.25) is 0 Å². The molecule has 16 heavy (non-hydrogen) atoms. The first kappa shape index (κ1) is 11.9. The monoisotopic (exact) mass is 225 g/mol. The first-order valence-electron chi connectivity index (χ1n) is 6.48. The molecule has 92 valence electrons. The SMILES string of the molecule is CC1CCC(OC(=O)C2(CN)CC2)CC1C. The minimum Gasteiger partial charge on any atom is -0.462 e. The maximum Gasteiger partial charge on any atom is 0.313 e. The van der Waals surface area contributed by atoms with E-state index in [-0.39, 0.29) is 17.5 Å². The highest BCUT2D eigenvalue weighted by Crippen LogP contribution is 2.46. The molecule has 0 saturated heterocycles. The van der Waals surface area contributed by atoms with Crippen LogP contribution in [0.15, 0.2) is 0 Å². The molecule has 3 nitrogen and oxygen atoms in total. The zero-order chi connectivity index (χ0) is 11.8. The van der Waals surface area contributed by atoms with E-state index in [0.717, 1.165) is 31.6 Å². The molecule has 0 heterocycles. The third-order valence-corrected chi connectivity index (χ3v) is 4.50. The first-order valence-corrected chi connectivity index (χ1v) is 6.48. The van der Waals surface area contributed by atoms with E-state index in [0.29, 0.717) is 12.5 Å². The van der Waals surface area contributed by atoms with Crippen LogP contribution in [0.5, 0.6) is 0 Å². The van der Waals surface area contributed by atoms with Crippen LogP contribution in [-0.2, 0) is 9.53 Å². The van der Waals surface area contributed by atoms with Crippen molar-refractivity contribution in [3.63, 3.8) is 0 Å². The molecule has 0 aromatic carbocycles. The van der Waals surface area contributed by atoms with Gasteiger partial charge in [-0.1, -0.05) is 13.8 Å². The van der Waals surface area contributed by atoms with Crippen molar-refractivity contribution in [3.8, 4) is 0 Å². The molecular weight excluding hydrogens is 202 g/mol. The van der Waals surface area contributed by atoms with Crippen LogP contribution in [0.4, 0.5) is 0 Å². The highest BCUT2D eigenvalue weighted by molar-refractivity contribution is 5.80. The summed E-state index contributed by atoms with van der Waals surface area (Å²) >= 11 is 0. The third kappa shape index (κ3) is 2.24. The molecule has 2 fully saturated rings. The van der Waals surface area contributed by atoms with Crippen molar-refractivity contribution in [1.29, 1.82) is 0 Å². The van der Waals surface area contributed by atoms with Crippen molar-refractivity contribution in [2.75, 3.05) is 6.54 Å². The summed E-state index contributed by atoms with van der Waals surface area (Å²) in [5, 5.41) is 0. The van der Waals surface area contributed by atoms with Crippen LogP contribution in [0.25, 0.3) is 0 Å². The van der Waals surface area contributed by atoms with Gasteiger partial charge in [0.25, 0.3) is 0 Å². The fourth-order valence-corrected chi connectivity index (χ4v) is 2.52. The maximum absolute atomic E-state index is 11.9. The Balaban J connectivity index is 1.84. The zero-order valence-electron chi connectivity index (χ0n) is 10.4. The highest BCUT2D eigenvalue weighted by Gasteiger charge is 2.50. The molecule has 2 N–H and O–H groups in total. The first-order chi connectivity index (χ1) is 7.57. The van der Waals surface area contributed by atoms with Gasteiger partial charge >= 0.3 is 5.97 Å². The fraction of sp³-hybridized carbons (Fsp3) is 0.923. The number of esters is 1. The molecule has 0 amide bonds. The van der Waals surface area contributed by atoms with E-state index >= 15 is 0 Å². The van der Waals surface area contributed by atoms with E-state index in [9.17, 15) is 4.79 Å². The Hall–Kier alpha value is -0.570. The van der Waals surface area contributed by atoms with Crippen LogP contribution in [0, 0.1) is 17.3 Å². The van der Waals surface area contributed by atoms with Gasteiger partial charge < -0.3 is 10.5 Å². The lowest BCUT2D eigenvalue weighted by molar-refractivity contribution is -0.158. The summed E-state index contributed by atoms with van der Waals surface area (Å²) in [5.41, 5.74) is 5.32. The van der Waals surface area contributed by atoms with Crippen molar-refractivity contribution in [1.82, 2.24) is 0 Å². The summed E-state index contributed by atoms with van der Waals surface area (Å²) in [6.07, 6.45) is 5.20. The van der Waals surface area contributed by atoms with Crippen LogP contribution in [0.3, 0.4) is 0 Å². The minimum atomic E-state index is -0.299. The molecule has 3 heteroatoms. The molecule has 0 radical (unpaired) electrons. The molecule has 0 aromatic heterocycles. The molecule has 3 unspecified atom stereocenters. The number of hydrogen-bond acceptors (Lipinski definition) is 3. The van der Waals surface area contributed by atoms with E-state index in [4.69, 9.17) is 10.5 Å². The topological polar surface area (TPSA) is 52.3 Å². The Kier molecular flexibility index (Phi) is 3.24. The lowest BCUT2D eigenvalue weighted by Gasteiger charge is -2.32. The van der Waals surface area contributed by atoms with Crippen molar-refractivity contribution in [2.45, 2.75) is 52.1 Å². The second kappa shape index (κ2) is 4.36. The molecule has 0 spiro atoms. The normalized spacial score (nSPS) is 36.8. The van der Waals surface area contributed by atoms with Crippen molar-refractivity contribution >= 4 is 5.97 Å². The summed E-state index contributed by atoms with van der Waals surface area (Å²) in [4.78, 5) is 11.9. The number of carbonyl (C=O) groups excluding carboxylic acids is 1. The van der Waals surface area contributed by atoms with Crippen LogP contribution in [0.2, 0.25) is 0 Å². The number of carbonyl (C=O) groups is 1. The Labute approximate surface area is 97.7 Å². The molecule has 0 aliphatic heterocycles. The van der Waals surface area contributed by atoms with Crippen molar-refractivity contribution in [2.24, 2.45) is 23.0 Å². The van der Waals surface area contributed by atoms with Gasteiger partial charge in [0.15, 0.2) is 0 Å². The molecule has 2 rings (SSSR count). The second-order valence-corrected chi connectivity index (χ2v) is 5.78. The quantitative estimate of drug-likeness (QED) is 0.748. The third-order valence-electron chi connectivity index (χ3n) is 4.50. The number of ether oxygens (including phenoxy) is 1. The second-order valence-electron chi connectivity index (χ2n) is 5.78. The summed E-state index contributed by atoms with van der Waals surface area (Å²) in [6.45, 7) is 4.98. The van der Waals surface area contributed by atoms with Crippen molar-refractivity contribution < 1.29 is 9.53 Å². The molecule has 2 aliphatic carbocycles. The Morgan fingerprint density at radius 1 is 1.31 bits per heavy atom. The number of rotatable bonds is 3. The van der Waals surface area contributed by atoms with Crippen LogP contribution < -0.4 is 5.73 Å². The average molecular weight is 225 g/mol. The maximum atomic E-state index is 11.9. The summed E-state index contributed by atoms with van der Waals surface area (Å²) < 4.78 is 5.61. The van der Waals surface area contributed by atoms with Crippen LogP contribution in [0.1, 0.15) is 46.0 Å². The number of nitrogens with two attached hydrogens (primary N) is 1. The smallest absolute Gasteiger partial charge is 0.313 e. The van der Waals surface area contributed by atoms with Gasteiger partial charge in [0, 0.05) is 6.54 Å². The summed E-state index contributed by atoms with van der Waals surface area (Å²) in [6, 6.07) is 0. The van der Waals surface area contributed by atoms with Gasteiger partial charge in [-0.05, 0) is 43.9 Å². The Bertz CT molecular complexity index is 273. The zero-order valence-corrected chi connectivity index (χ0v) is 10.4. The Morgan fingerprint density at radius 2 is 2.00 bits per heavy atom. The summed E-state index contributed by atoms with van der Waals surface area (Å²) in [5.74, 6) is 1.39. The highest BCUT2D eigenvalue weighted by atomic mass is 16.5. The van der Waals surface area contributed by atoms with Gasteiger partial charge in [-0.2, -0.15) is 0 Å². The molecule has 2 aliphatic rings. The summed E-state index contributed by atoms with van der Waals surface area (Å²) in [7, 11) is 0. The molecule has 0 bridgehead atoms. The van der Waals surface area contributed by atoms with E-state index in [1.54, 1.807) is 0 Å². The minimum absolute atomic E-state index is 0.0400. The van der Waals surface area contributed by atoms with Gasteiger partial charge in [0.1, 0.15) is 6.10 Å². The standard InChI is InChI=1S/C13H23NO2/c1-9-3-4-11(7-10(9)2)16-12(15)13(8-14)5-6-13/h9-11H,3-8,14H2,1-2H3. The lowest BCUT2D eigenvalue weighted by Crippen LogP contribution is -2.34. The largest absolute Gasteiger partial charge is 0.462 e. The average Bonchev–Trinajstić information content (AvgIpc) is 3.04. The fourth-order valence-electron chi connectivity index (χ4n) is 2.52. The van der Waals surface area contributed by atoms with Gasteiger partial charge in [-0.25, -0.2) is 0 Å². The Morgan fingerprint density at radius 3 is 2.50 bits per heavy atom. The van der Waals surface area contributed by atoms with E-state index in [2.05, 4.69) is 13.8 Å². The predicted octanol–water partition coefficient (Wildman–Crippen LogP) is 2.09. The molecule has 0 aromatic rings. The van der Waals surface area contributed by atoms with Crippen LogP contribution in [-0.4, -0.2) is 18.6 Å². The van der Waals surface area contributed by atoms with E-state index in [1.807, 2.05) is 0 Å². The van der Waals surface area contributed by atoms with Crippen molar-refractivity contribution in [3.05, 3.63) is 0 Å². The van der Waals surface area contributed by atoms with Gasteiger partial charge in [-0.3, -0.25) is 4.79 Å². The van der Waals surface area contributed by atoms with Gasteiger partial charge in [-0.15, -0.1) is 0 Å². The van der Waals surface area contributed by atoms with Gasteiger partial charge in [0.05, 0.1) is 5.41 Å². The lowest BCUT2D eigenvalue weighted by atomic mass is 9.80. The van der Waals surface area contributed by atoms with E-state index < -0.39 is 0 Å². The molecule has 2 saturated carbocycles. The predicted molar refractivity (Wildman–Crippen MR) is 62.8 cm³/mol. The molecular formula is C13H23NO2. The van der Waals surface area contributed by atoms with E-state index in [1.165, 1.54) is 6.42 Å². The molecule has 3 atom stereocenters. The number of hydrogen-bond donors (Lipinski definition) is 1.